The molecule has 0 fully saturated rings. The summed E-state index contributed by atoms with van der Waals surface area (Å²) >= 11 is 0. The van der Waals surface area contributed by atoms with Crippen LogP contribution < -0.4 is 11.1 Å². The first-order valence-electron chi connectivity index (χ1n) is 8.99. The molecule has 28 heavy (non-hydrogen) atoms. The Balaban J connectivity index is 1.63. The summed E-state index contributed by atoms with van der Waals surface area (Å²) < 4.78 is 6.91. The lowest BCUT2D eigenvalue weighted by Gasteiger charge is -2.07. The van der Waals surface area contributed by atoms with Gasteiger partial charge in [-0.15, -0.1) is 5.10 Å². The zero-order chi connectivity index (χ0) is 19.3. The monoisotopic (exact) mass is 375 g/mol. The first kappa shape index (κ1) is 18.0. The molecule has 0 aliphatic rings. The van der Waals surface area contributed by atoms with Crippen molar-refractivity contribution >= 4 is 22.8 Å². The first-order valence-corrected chi connectivity index (χ1v) is 8.99. The van der Waals surface area contributed by atoms with Crippen LogP contribution in [0.3, 0.4) is 0 Å². The van der Waals surface area contributed by atoms with Gasteiger partial charge in [-0.3, -0.25) is 0 Å². The van der Waals surface area contributed by atoms with Crippen LogP contribution in [0.15, 0.2) is 54.7 Å². The van der Waals surface area contributed by atoms with E-state index in [9.17, 15) is 0 Å². The molecule has 0 radical (unpaired) electrons. The third-order valence-electron chi connectivity index (χ3n) is 4.30. The number of anilines is 2. The van der Waals surface area contributed by atoms with Crippen LogP contribution in [-0.2, 0) is 17.8 Å². The number of aromatic nitrogens is 5. The van der Waals surface area contributed by atoms with E-state index in [0.29, 0.717) is 30.3 Å². The van der Waals surface area contributed by atoms with Crippen molar-refractivity contribution in [1.29, 1.82) is 0 Å². The van der Waals surface area contributed by atoms with Gasteiger partial charge in [0.2, 0.25) is 5.95 Å². The molecule has 0 saturated heterocycles. The van der Waals surface area contributed by atoms with Gasteiger partial charge in [-0.1, -0.05) is 29.5 Å². The molecule has 0 saturated carbocycles. The zero-order valence-electron chi connectivity index (χ0n) is 15.5. The maximum absolute atomic E-state index is 5.60. The highest BCUT2D eigenvalue weighted by Gasteiger charge is 2.11. The van der Waals surface area contributed by atoms with E-state index < -0.39 is 0 Å². The summed E-state index contributed by atoms with van der Waals surface area (Å²) in [6, 6.07) is 16.0. The van der Waals surface area contributed by atoms with E-state index in [1.165, 1.54) is 5.56 Å². The number of ether oxygens (including phenoxy) is 1. The molecule has 0 bridgehead atoms. The Morgan fingerprint density at radius 1 is 1.11 bits per heavy atom. The van der Waals surface area contributed by atoms with Crippen molar-refractivity contribution < 1.29 is 4.74 Å². The van der Waals surface area contributed by atoms with Crippen LogP contribution in [0.25, 0.3) is 16.9 Å². The van der Waals surface area contributed by atoms with Gasteiger partial charge in [-0.25, -0.2) is 4.98 Å². The summed E-state index contributed by atoms with van der Waals surface area (Å²) in [5.41, 5.74) is 10.9. The Hall–Kier alpha value is -3.36. The molecule has 8 heteroatoms. The third kappa shape index (κ3) is 3.83. The molecule has 142 valence electrons. The Morgan fingerprint density at radius 3 is 2.75 bits per heavy atom. The van der Waals surface area contributed by atoms with Gasteiger partial charge in [0.1, 0.15) is 0 Å². The van der Waals surface area contributed by atoms with Crippen LogP contribution in [0.2, 0.25) is 0 Å². The smallest absolute Gasteiger partial charge is 0.229 e. The Morgan fingerprint density at radius 2 is 1.96 bits per heavy atom. The number of nitrogens with zero attached hydrogens (tertiary/aromatic N) is 5. The summed E-state index contributed by atoms with van der Waals surface area (Å²) in [6.45, 7) is 1.16. The molecule has 4 rings (SSSR count). The number of fused-ring (bicyclic) bond motifs is 1. The lowest BCUT2D eigenvalue weighted by atomic mass is 10.1. The second-order valence-electron chi connectivity index (χ2n) is 6.37. The highest BCUT2D eigenvalue weighted by atomic mass is 16.5. The molecule has 0 spiro atoms. The zero-order valence-corrected chi connectivity index (χ0v) is 15.5. The minimum atomic E-state index is 0.482. The Labute approximate surface area is 162 Å². The highest BCUT2D eigenvalue weighted by molar-refractivity contribution is 5.72. The van der Waals surface area contributed by atoms with Gasteiger partial charge in [-0.05, 0) is 48.4 Å². The standard InChI is InChI=1S/C20H21N7O/c1-28-13-15-3-2-4-17(11-15)27-19-18(25-26-27)12-22-20(24-19)23-16-7-5-14(6-8-16)9-10-21/h2-8,11-12H,9-10,13,21H2,1H3,(H,22,23,24). The molecular formula is C20H21N7O. The predicted molar refractivity (Wildman–Crippen MR) is 108 cm³/mol. The molecular weight excluding hydrogens is 354 g/mol. The molecule has 3 N–H and O–H groups in total. The van der Waals surface area contributed by atoms with E-state index in [0.717, 1.165) is 23.4 Å². The summed E-state index contributed by atoms with van der Waals surface area (Å²) in [4.78, 5) is 8.94. The fraction of sp³-hybridized carbons (Fsp3) is 0.200. The number of benzene rings is 2. The van der Waals surface area contributed by atoms with Gasteiger partial charge < -0.3 is 15.8 Å². The van der Waals surface area contributed by atoms with E-state index in [-0.39, 0.29) is 0 Å². The van der Waals surface area contributed by atoms with Gasteiger partial charge in [0, 0.05) is 12.8 Å². The van der Waals surface area contributed by atoms with Crippen molar-refractivity contribution in [3.05, 3.63) is 65.9 Å². The third-order valence-corrected chi connectivity index (χ3v) is 4.30. The van der Waals surface area contributed by atoms with Gasteiger partial charge >= 0.3 is 0 Å². The average Bonchev–Trinajstić information content (AvgIpc) is 3.13. The average molecular weight is 375 g/mol. The van der Waals surface area contributed by atoms with Crippen LogP contribution in [0.5, 0.6) is 0 Å². The minimum absolute atomic E-state index is 0.482. The lowest BCUT2D eigenvalue weighted by Crippen LogP contribution is -2.03. The molecule has 0 atom stereocenters. The molecule has 0 amide bonds. The number of hydrogen-bond acceptors (Lipinski definition) is 7. The summed E-state index contributed by atoms with van der Waals surface area (Å²) in [7, 11) is 1.67. The van der Waals surface area contributed by atoms with Crippen LogP contribution in [0.1, 0.15) is 11.1 Å². The van der Waals surface area contributed by atoms with Crippen molar-refractivity contribution in [1.82, 2.24) is 25.0 Å². The largest absolute Gasteiger partial charge is 0.380 e. The number of nitrogens with two attached hydrogens (primary N) is 1. The number of methoxy groups -OCH3 is 1. The molecule has 2 heterocycles. The molecule has 2 aromatic heterocycles. The van der Waals surface area contributed by atoms with Gasteiger partial charge in [0.05, 0.1) is 18.5 Å². The summed E-state index contributed by atoms with van der Waals surface area (Å²) in [5.74, 6) is 0.482. The van der Waals surface area contributed by atoms with Crippen LogP contribution >= 0.6 is 0 Å². The SMILES string of the molecule is COCc1cccc(-n2nnc3cnc(Nc4ccc(CCN)cc4)nc32)c1. The van der Waals surface area contributed by atoms with E-state index in [4.69, 9.17) is 10.5 Å². The van der Waals surface area contributed by atoms with E-state index >= 15 is 0 Å². The lowest BCUT2D eigenvalue weighted by molar-refractivity contribution is 0.185. The van der Waals surface area contributed by atoms with Crippen molar-refractivity contribution in [3.63, 3.8) is 0 Å². The summed E-state index contributed by atoms with van der Waals surface area (Å²) in [5, 5.41) is 11.6. The van der Waals surface area contributed by atoms with Crippen LogP contribution in [0.4, 0.5) is 11.6 Å². The van der Waals surface area contributed by atoms with E-state index in [1.807, 2.05) is 48.5 Å². The van der Waals surface area contributed by atoms with Crippen LogP contribution in [-0.4, -0.2) is 38.6 Å². The topological polar surface area (TPSA) is 104 Å². The number of rotatable bonds is 7. The highest BCUT2D eigenvalue weighted by Crippen LogP contribution is 2.19. The minimum Gasteiger partial charge on any atom is -0.380 e. The first-order chi connectivity index (χ1) is 13.8. The fourth-order valence-electron chi connectivity index (χ4n) is 2.96. The maximum Gasteiger partial charge on any atom is 0.229 e. The van der Waals surface area contributed by atoms with Crippen molar-refractivity contribution in [3.8, 4) is 5.69 Å². The van der Waals surface area contributed by atoms with E-state index in [2.05, 4.69) is 25.6 Å². The maximum atomic E-state index is 5.60. The number of nitrogens with one attached hydrogen (secondary N) is 1. The van der Waals surface area contributed by atoms with Gasteiger partial charge in [0.25, 0.3) is 0 Å². The van der Waals surface area contributed by atoms with Crippen molar-refractivity contribution in [2.45, 2.75) is 13.0 Å². The van der Waals surface area contributed by atoms with Gasteiger partial charge in [-0.2, -0.15) is 9.67 Å². The molecule has 4 aromatic rings. The van der Waals surface area contributed by atoms with Crippen LogP contribution in [0, 0.1) is 0 Å². The van der Waals surface area contributed by atoms with Crippen molar-refractivity contribution in [2.24, 2.45) is 5.73 Å². The van der Waals surface area contributed by atoms with Crippen molar-refractivity contribution in [2.75, 3.05) is 19.0 Å². The molecule has 0 aliphatic carbocycles. The summed E-state index contributed by atoms with van der Waals surface area (Å²) in [6.07, 6.45) is 2.52. The second-order valence-corrected chi connectivity index (χ2v) is 6.37. The normalized spacial score (nSPS) is 11.1. The molecule has 0 unspecified atom stereocenters. The number of hydrogen-bond donors (Lipinski definition) is 2. The Bertz CT molecular complexity index is 1080. The predicted octanol–water partition coefficient (Wildman–Crippen LogP) is 2.60. The second kappa shape index (κ2) is 8.12. The Kier molecular flexibility index (Phi) is 5.22. The van der Waals surface area contributed by atoms with E-state index in [1.54, 1.807) is 18.0 Å². The molecule has 0 aliphatic heterocycles. The molecule has 2 aromatic carbocycles. The van der Waals surface area contributed by atoms with Gasteiger partial charge in [0.15, 0.2) is 11.2 Å². The fourth-order valence-corrected chi connectivity index (χ4v) is 2.96. The molecule has 8 nitrogen and oxygen atoms in total. The quantitative estimate of drug-likeness (QED) is 0.512.